The van der Waals surface area contributed by atoms with E-state index in [-0.39, 0.29) is 18.2 Å². The monoisotopic (exact) mass is 342 g/mol. The van der Waals surface area contributed by atoms with Gasteiger partial charge in [0, 0.05) is 14.0 Å². The van der Waals surface area contributed by atoms with E-state index < -0.39 is 18.4 Å². The Morgan fingerprint density at radius 1 is 1.22 bits per heavy atom. The van der Waals surface area contributed by atoms with Gasteiger partial charge in [-0.05, 0) is 0 Å². The van der Waals surface area contributed by atoms with Gasteiger partial charge in [-0.15, -0.1) is 0 Å². The van der Waals surface area contributed by atoms with E-state index in [0.717, 1.165) is 0 Å². The second-order valence-corrected chi connectivity index (χ2v) is 4.50. The van der Waals surface area contributed by atoms with Crippen molar-refractivity contribution in [3.8, 4) is 11.9 Å². The molecule has 1 heterocycles. The first-order valence-electron chi connectivity index (χ1n) is 6.02. The topological polar surface area (TPSA) is 65.6 Å². The van der Waals surface area contributed by atoms with Crippen molar-refractivity contribution in [3.63, 3.8) is 0 Å². The number of methoxy groups -OCH3 is 1. The molecule has 5 nitrogen and oxygen atoms in total. The molecule has 128 valence electrons. The minimum absolute atomic E-state index is 0.0397. The van der Waals surface area contributed by atoms with E-state index in [2.05, 4.69) is 0 Å². The smallest absolute Gasteiger partial charge is 0.422 e. The molecule has 0 saturated heterocycles. The predicted octanol–water partition coefficient (Wildman–Crippen LogP) is 2.24. The molecule has 23 heavy (non-hydrogen) atoms. The third-order valence-corrected chi connectivity index (χ3v) is 2.78. The second kappa shape index (κ2) is 7.37. The minimum Gasteiger partial charge on any atom is -0.476 e. The molecule has 0 amide bonds. The number of hydrogen-bond donors (Lipinski definition) is 0. The highest BCUT2D eigenvalue weighted by molar-refractivity contribution is 6.89. The zero-order valence-electron chi connectivity index (χ0n) is 12.4. The number of alkyl halides is 5. The highest BCUT2D eigenvalue weighted by Gasteiger charge is 2.67. The standard InChI is InChI=1S/C7H13N2O.C4BF6N2/c1-7(10-3)9-5-4-8(2)6-9;6-3(7,4(8,9)10)5(11,1-12)2-13/h4-7H,1-3H3;/q+1;-1. The van der Waals surface area contributed by atoms with Gasteiger partial charge in [-0.25, -0.2) is 28.4 Å². The Bertz CT molecular complexity index is 589. The Hall–Kier alpha value is -2.21. The molecule has 0 aliphatic carbocycles. The summed E-state index contributed by atoms with van der Waals surface area (Å²) in [6, 6.07) is 0. The van der Waals surface area contributed by atoms with Gasteiger partial charge in [-0.3, -0.25) is 0 Å². The Morgan fingerprint density at radius 2 is 1.70 bits per heavy atom. The molecule has 0 aliphatic heterocycles. The fourth-order valence-corrected chi connectivity index (χ4v) is 1.22. The first-order chi connectivity index (χ1) is 10.4. The van der Waals surface area contributed by atoms with E-state index in [1.165, 1.54) is 0 Å². The number of halogens is 6. The van der Waals surface area contributed by atoms with Gasteiger partial charge in [0.15, 0.2) is 6.23 Å². The minimum atomic E-state index is -6.24. The van der Waals surface area contributed by atoms with Crippen LogP contribution in [0.2, 0.25) is 0 Å². The molecule has 1 rings (SSSR count). The number of hydrogen-bond acceptors (Lipinski definition) is 3. The third kappa shape index (κ3) is 4.63. The number of nitrogens with zero attached hydrogens (tertiary/aromatic N) is 4. The number of aryl methyl sites for hydroxylation is 1. The van der Waals surface area contributed by atoms with Crippen LogP contribution < -0.4 is 4.57 Å². The maximum Gasteiger partial charge on any atom is 0.422 e. The summed E-state index contributed by atoms with van der Waals surface area (Å²) in [5.74, 6) is -5.85. The van der Waals surface area contributed by atoms with Crippen molar-refractivity contribution >= 4 is 6.42 Å². The molecule has 0 aliphatic rings. The molecule has 1 atom stereocenters. The highest BCUT2D eigenvalue weighted by Crippen LogP contribution is 2.42. The average Bonchev–Trinajstić information content (AvgIpc) is 2.91. The lowest BCUT2D eigenvalue weighted by atomic mass is 9.41. The normalized spacial score (nSPS) is 13.3. The summed E-state index contributed by atoms with van der Waals surface area (Å²) in [4.78, 5) is 0. The Balaban J connectivity index is 0.000000433. The van der Waals surface area contributed by atoms with E-state index in [1.807, 2.05) is 41.8 Å². The van der Waals surface area contributed by atoms with Crippen LogP contribution in [0.4, 0.5) is 26.3 Å². The molecule has 1 aromatic rings. The molecule has 0 spiro atoms. The Morgan fingerprint density at radius 3 is 1.91 bits per heavy atom. The van der Waals surface area contributed by atoms with Crippen LogP contribution in [0.25, 0.3) is 0 Å². The molecule has 1 unspecified atom stereocenters. The van der Waals surface area contributed by atoms with E-state index in [1.54, 1.807) is 7.11 Å². The molecule has 0 N–H and O–H groups in total. The molecule has 0 fully saturated rings. The van der Waals surface area contributed by atoms with Crippen LogP contribution in [0.1, 0.15) is 13.2 Å². The van der Waals surface area contributed by atoms with Crippen LogP contribution in [0.15, 0.2) is 18.7 Å². The average molecular weight is 342 g/mol. The van der Waals surface area contributed by atoms with Gasteiger partial charge in [0.1, 0.15) is 12.4 Å². The number of imidazole rings is 1. The molecule has 0 bridgehead atoms. The van der Waals surface area contributed by atoms with Gasteiger partial charge >= 0.3 is 12.6 Å². The molecular weight excluding hydrogens is 329 g/mol. The van der Waals surface area contributed by atoms with Gasteiger partial charge in [0.05, 0.1) is 7.05 Å². The Kier molecular flexibility index (Phi) is 6.67. The maximum absolute atomic E-state index is 12.4. The number of ether oxygens (including phenoxy) is 1. The molecule has 0 radical (unpaired) electrons. The summed E-state index contributed by atoms with van der Waals surface area (Å²) in [7, 11) is 3.68. The first-order valence-corrected chi connectivity index (χ1v) is 6.02. The van der Waals surface area contributed by atoms with Crippen molar-refractivity contribution in [3.05, 3.63) is 18.7 Å². The van der Waals surface area contributed by atoms with E-state index >= 15 is 0 Å². The summed E-state index contributed by atoms with van der Waals surface area (Å²) in [6.07, 6.45) is -5.74. The zero-order chi connectivity index (χ0) is 18.5. The Labute approximate surface area is 128 Å². The lowest BCUT2D eigenvalue weighted by Gasteiger charge is -2.30. The number of rotatable bonds is 3. The highest BCUT2D eigenvalue weighted by atomic mass is 19.4. The van der Waals surface area contributed by atoms with Gasteiger partial charge < -0.3 is 9.05 Å². The van der Waals surface area contributed by atoms with Gasteiger partial charge in [-0.1, -0.05) is 11.9 Å². The molecule has 1 aromatic heterocycles. The SMILES string of the molecule is COC(C)[n+]1ccn(C)c1.N#C[B-](F)(C#N)C(F)(F)C(F)(F)F. The van der Waals surface area contributed by atoms with E-state index in [9.17, 15) is 26.3 Å². The summed E-state index contributed by atoms with van der Waals surface area (Å²) in [5.41, 5.74) is 0. The van der Waals surface area contributed by atoms with Crippen LogP contribution >= 0.6 is 0 Å². The van der Waals surface area contributed by atoms with Crippen molar-refractivity contribution < 1.29 is 35.6 Å². The number of nitriles is 2. The van der Waals surface area contributed by atoms with Crippen molar-refractivity contribution in [2.75, 3.05) is 7.11 Å². The van der Waals surface area contributed by atoms with E-state index in [0.29, 0.717) is 0 Å². The molecular formula is C11H13BF6N4O. The van der Waals surface area contributed by atoms with Gasteiger partial charge in [-0.2, -0.15) is 13.2 Å². The van der Waals surface area contributed by atoms with Crippen molar-refractivity contribution in [2.24, 2.45) is 7.05 Å². The lowest BCUT2D eigenvalue weighted by molar-refractivity contribution is -0.756. The van der Waals surface area contributed by atoms with Crippen LogP contribution in [-0.2, 0) is 11.8 Å². The van der Waals surface area contributed by atoms with Gasteiger partial charge in [0.25, 0.3) is 5.82 Å². The maximum atomic E-state index is 12.4. The largest absolute Gasteiger partial charge is 0.476 e. The zero-order valence-corrected chi connectivity index (χ0v) is 12.4. The third-order valence-electron chi connectivity index (χ3n) is 2.78. The molecule has 0 aromatic carbocycles. The van der Waals surface area contributed by atoms with Crippen LogP contribution in [0.5, 0.6) is 0 Å². The summed E-state index contributed by atoms with van der Waals surface area (Å²) in [6.45, 7) is 2.00. The second-order valence-electron chi connectivity index (χ2n) is 4.50. The fourth-order valence-electron chi connectivity index (χ4n) is 1.22. The molecule has 0 saturated carbocycles. The fraction of sp³-hybridized carbons (Fsp3) is 0.545. The van der Waals surface area contributed by atoms with Crippen LogP contribution in [0.3, 0.4) is 0 Å². The number of aromatic nitrogens is 2. The van der Waals surface area contributed by atoms with Gasteiger partial charge in [0.2, 0.25) is 6.33 Å². The van der Waals surface area contributed by atoms with Crippen molar-refractivity contribution in [1.29, 1.82) is 10.5 Å². The predicted molar refractivity (Wildman–Crippen MR) is 66.4 cm³/mol. The summed E-state index contributed by atoms with van der Waals surface area (Å²) < 4.78 is 79.9. The van der Waals surface area contributed by atoms with Crippen LogP contribution in [0, 0.1) is 22.5 Å². The van der Waals surface area contributed by atoms with Crippen LogP contribution in [-0.4, -0.2) is 30.1 Å². The van der Waals surface area contributed by atoms with Crippen molar-refractivity contribution in [2.45, 2.75) is 25.1 Å². The quantitative estimate of drug-likeness (QED) is 0.481. The van der Waals surface area contributed by atoms with E-state index in [4.69, 9.17) is 15.3 Å². The lowest BCUT2D eigenvalue weighted by Crippen LogP contribution is -2.57. The van der Waals surface area contributed by atoms with Crippen molar-refractivity contribution in [1.82, 2.24) is 4.57 Å². The summed E-state index contributed by atoms with van der Waals surface area (Å²) >= 11 is 0. The summed E-state index contributed by atoms with van der Waals surface area (Å²) in [5, 5.41) is 15.4. The first kappa shape index (κ1) is 20.8. The molecule has 12 heteroatoms.